The van der Waals surface area contributed by atoms with Gasteiger partial charge >= 0.3 is 0 Å². The van der Waals surface area contributed by atoms with Crippen molar-refractivity contribution in [3.05, 3.63) is 58.9 Å². The molecule has 1 amide bonds. The molecule has 0 saturated carbocycles. The predicted octanol–water partition coefficient (Wildman–Crippen LogP) is 3.74. The van der Waals surface area contributed by atoms with Crippen molar-refractivity contribution in [1.82, 2.24) is 4.72 Å². The molecule has 140 valence electrons. The number of nitrogens with one attached hydrogen (secondary N) is 2. The third kappa shape index (κ3) is 5.79. The molecule has 0 spiro atoms. The van der Waals surface area contributed by atoms with E-state index < -0.39 is 15.8 Å². The van der Waals surface area contributed by atoms with Crippen molar-refractivity contribution < 1.29 is 17.6 Å². The maximum Gasteiger partial charge on any atom is 0.240 e. The molecule has 2 N–H and O–H groups in total. The molecule has 0 radical (unpaired) electrons. The summed E-state index contributed by atoms with van der Waals surface area (Å²) in [5.41, 5.74) is 1.25. The van der Waals surface area contributed by atoms with E-state index >= 15 is 0 Å². The van der Waals surface area contributed by atoms with E-state index in [1.54, 1.807) is 26.0 Å². The van der Waals surface area contributed by atoms with Crippen LogP contribution >= 0.6 is 11.6 Å². The van der Waals surface area contributed by atoms with Gasteiger partial charge in [0.15, 0.2) is 0 Å². The molecule has 0 aromatic heterocycles. The van der Waals surface area contributed by atoms with Gasteiger partial charge in [-0.15, -0.1) is 0 Å². The Morgan fingerprint density at radius 1 is 1.15 bits per heavy atom. The van der Waals surface area contributed by atoms with Crippen molar-refractivity contribution >= 4 is 33.2 Å². The van der Waals surface area contributed by atoms with E-state index in [1.165, 1.54) is 30.3 Å². The van der Waals surface area contributed by atoms with E-state index in [0.717, 1.165) is 5.56 Å². The van der Waals surface area contributed by atoms with Gasteiger partial charge in [0.1, 0.15) is 5.82 Å². The number of anilines is 1. The van der Waals surface area contributed by atoms with Crippen molar-refractivity contribution in [2.75, 3.05) is 5.32 Å². The lowest BCUT2D eigenvalue weighted by Crippen LogP contribution is -2.30. The number of benzene rings is 2. The van der Waals surface area contributed by atoms with Crippen LogP contribution in [0.5, 0.6) is 0 Å². The van der Waals surface area contributed by atoms with Gasteiger partial charge < -0.3 is 5.32 Å². The van der Waals surface area contributed by atoms with Gasteiger partial charge in [-0.05, 0) is 56.2 Å². The topological polar surface area (TPSA) is 75.3 Å². The lowest BCUT2D eigenvalue weighted by Gasteiger charge is -2.10. The standard InChI is InChI=1S/C18H20ClFN2O3S/c1-12(2)22-26(24,25)15-7-3-13(4-8-15)5-10-18(23)21-14-6-9-17(20)16(19)11-14/h3-4,6-9,11-12,22H,5,10H2,1-2H3,(H,21,23). The van der Waals surface area contributed by atoms with E-state index in [1.807, 2.05) is 0 Å². The zero-order chi connectivity index (χ0) is 19.3. The molecule has 26 heavy (non-hydrogen) atoms. The molecule has 0 atom stereocenters. The SMILES string of the molecule is CC(C)NS(=O)(=O)c1ccc(CCC(=O)Nc2ccc(F)c(Cl)c2)cc1. The van der Waals surface area contributed by atoms with E-state index in [9.17, 15) is 17.6 Å². The summed E-state index contributed by atoms with van der Waals surface area (Å²) in [5.74, 6) is -0.794. The lowest BCUT2D eigenvalue weighted by atomic mass is 10.1. The number of rotatable bonds is 7. The second-order valence-corrected chi connectivity index (χ2v) is 8.22. The predicted molar refractivity (Wildman–Crippen MR) is 100 cm³/mol. The lowest BCUT2D eigenvalue weighted by molar-refractivity contribution is -0.116. The first-order valence-electron chi connectivity index (χ1n) is 8.03. The number of hydrogen-bond donors (Lipinski definition) is 2. The third-order valence-electron chi connectivity index (χ3n) is 3.47. The second kappa shape index (κ2) is 8.62. The van der Waals surface area contributed by atoms with E-state index in [0.29, 0.717) is 12.1 Å². The summed E-state index contributed by atoms with van der Waals surface area (Å²) in [4.78, 5) is 12.2. The smallest absolute Gasteiger partial charge is 0.240 e. The first-order valence-corrected chi connectivity index (χ1v) is 9.89. The molecule has 0 fully saturated rings. The molecule has 2 rings (SSSR count). The van der Waals surface area contributed by atoms with Crippen LogP contribution in [0, 0.1) is 5.82 Å². The molecule has 0 aliphatic heterocycles. The largest absolute Gasteiger partial charge is 0.326 e. The Kier molecular flexibility index (Phi) is 6.75. The Balaban J connectivity index is 1.93. The minimum Gasteiger partial charge on any atom is -0.326 e. The van der Waals surface area contributed by atoms with Crippen LogP contribution in [0.25, 0.3) is 0 Å². The average molecular weight is 399 g/mol. The highest BCUT2D eigenvalue weighted by Crippen LogP contribution is 2.19. The molecule has 2 aromatic rings. The van der Waals surface area contributed by atoms with E-state index in [2.05, 4.69) is 10.0 Å². The second-order valence-electron chi connectivity index (χ2n) is 6.10. The molecule has 0 saturated heterocycles. The van der Waals surface area contributed by atoms with Crippen molar-refractivity contribution in [1.29, 1.82) is 0 Å². The van der Waals surface area contributed by atoms with Crippen molar-refractivity contribution in [3.63, 3.8) is 0 Å². The Morgan fingerprint density at radius 2 is 1.81 bits per heavy atom. The van der Waals surface area contributed by atoms with E-state index in [4.69, 9.17) is 11.6 Å². The number of halogens is 2. The van der Waals surface area contributed by atoms with Gasteiger partial charge in [-0.25, -0.2) is 17.5 Å². The molecule has 2 aromatic carbocycles. The fourth-order valence-electron chi connectivity index (χ4n) is 2.27. The number of carbonyl (C=O) groups is 1. The summed E-state index contributed by atoms with van der Waals surface area (Å²) < 4.78 is 39.7. The van der Waals surface area contributed by atoms with E-state index in [-0.39, 0.29) is 28.3 Å². The maximum absolute atomic E-state index is 13.1. The molecular weight excluding hydrogens is 379 g/mol. The summed E-state index contributed by atoms with van der Waals surface area (Å²) in [6.45, 7) is 3.50. The number of sulfonamides is 1. The normalized spacial score (nSPS) is 11.6. The molecule has 5 nitrogen and oxygen atoms in total. The van der Waals surface area contributed by atoms with Gasteiger partial charge in [0.25, 0.3) is 0 Å². The Morgan fingerprint density at radius 3 is 2.38 bits per heavy atom. The zero-order valence-electron chi connectivity index (χ0n) is 14.4. The average Bonchev–Trinajstić information content (AvgIpc) is 2.55. The maximum atomic E-state index is 13.1. The Hall–Kier alpha value is -1.96. The monoisotopic (exact) mass is 398 g/mol. The fraction of sp³-hybridized carbons (Fsp3) is 0.278. The van der Waals surface area contributed by atoms with Crippen LogP contribution < -0.4 is 10.0 Å². The zero-order valence-corrected chi connectivity index (χ0v) is 16.0. The Bertz CT molecular complexity index is 884. The number of amides is 1. The summed E-state index contributed by atoms with van der Waals surface area (Å²) in [6.07, 6.45) is 0.643. The van der Waals surface area contributed by atoms with Gasteiger partial charge in [0.05, 0.1) is 9.92 Å². The minimum atomic E-state index is -3.53. The van der Waals surface area contributed by atoms with Crippen LogP contribution in [-0.4, -0.2) is 20.4 Å². The van der Waals surface area contributed by atoms with Crippen LogP contribution in [0.4, 0.5) is 10.1 Å². The highest BCUT2D eigenvalue weighted by Gasteiger charge is 2.15. The summed E-state index contributed by atoms with van der Waals surface area (Å²) in [6, 6.07) is 10.1. The number of hydrogen-bond acceptors (Lipinski definition) is 3. The van der Waals surface area contributed by atoms with Crippen LogP contribution in [0.15, 0.2) is 47.4 Å². The van der Waals surface area contributed by atoms with Gasteiger partial charge in [-0.2, -0.15) is 0 Å². The van der Waals surface area contributed by atoms with Crippen molar-refractivity contribution in [2.24, 2.45) is 0 Å². The summed E-state index contributed by atoms with van der Waals surface area (Å²) >= 11 is 5.67. The highest BCUT2D eigenvalue weighted by molar-refractivity contribution is 7.89. The van der Waals surface area contributed by atoms with Gasteiger partial charge in [0, 0.05) is 18.2 Å². The van der Waals surface area contributed by atoms with Gasteiger partial charge in [-0.3, -0.25) is 4.79 Å². The molecule has 0 aliphatic rings. The molecule has 0 unspecified atom stereocenters. The van der Waals surface area contributed by atoms with Crippen molar-refractivity contribution in [3.8, 4) is 0 Å². The molecule has 0 bridgehead atoms. The van der Waals surface area contributed by atoms with Crippen LogP contribution in [-0.2, 0) is 21.2 Å². The minimum absolute atomic E-state index is 0.0606. The molecule has 8 heteroatoms. The highest BCUT2D eigenvalue weighted by atomic mass is 35.5. The van der Waals surface area contributed by atoms with Gasteiger partial charge in [-0.1, -0.05) is 23.7 Å². The van der Waals surface area contributed by atoms with Crippen LogP contribution in [0.3, 0.4) is 0 Å². The van der Waals surface area contributed by atoms with Crippen LogP contribution in [0.1, 0.15) is 25.8 Å². The van der Waals surface area contributed by atoms with Crippen molar-refractivity contribution in [2.45, 2.75) is 37.6 Å². The number of aryl methyl sites for hydroxylation is 1. The third-order valence-corrected chi connectivity index (χ3v) is 5.43. The Labute approximate surface area is 157 Å². The molecular formula is C18H20ClFN2O3S. The van der Waals surface area contributed by atoms with Crippen LogP contribution in [0.2, 0.25) is 5.02 Å². The van der Waals surface area contributed by atoms with Gasteiger partial charge in [0.2, 0.25) is 15.9 Å². The first-order chi connectivity index (χ1) is 12.2. The molecule has 0 aliphatic carbocycles. The number of carbonyl (C=O) groups excluding carboxylic acids is 1. The fourth-order valence-corrected chi connectivity index (χ4v) is 3.70. The summed E-state index contributed by atoms with van der Waals surface area (Å²) in [5, 5.41) is 2.58. The first kappa shape index (κ1) is 20.4. The quantitative estimate of drug-likeness (QED) is 0.746. The summed E-state index contributed by atoms with van der Waals surface area (Å²) in [7, 11) is -3.53. The molecule has 0 heterocycles.